The van der Waals surface area contributed by atoms with Gasteiger partial charge in [-0.3, -0.25) is 0 Å². The zero-order chi connectivity index (χ0) is 21.3. The number of aromatic nitrogens is 2. The van der Waals surface area contributed by atoms with Gasteiger partial charge in [0.1, 0.15) is 17.9 Å². The van der Waals surface area contributed by atoms with E-state index in [1.54, 1.807) is 36.7 Å². The van der Waals surface area contributed by atoms with Crippen LogP contribution in [0.3, 0.4) is 0 Å². The SMILES string of the molecule is O=S(=O)(Cc1ccccc1)N[C@H]1CO[C@H]2[C@@H]1OC[C@@H]2Nc1nccc(-c2ccco2)n1. The van der Waals surface area contributed by atoms with E-state index in [9.17, 15) is 8.42 Å². The fourth-order valence-corrected chi connectivity index (χ4v) is 5.32. The number of nitrogens with one attached hydrogen (secondary N) is 2. The zero-order valence-electron chi connectivity index (χ0n) is 16.5. The van der Waals surface area contributed by atoms with Gasteiger partial charge in [0.2, 0.25) is 16.0 Å². The summed E-state index contributed by atoms with van der Waals surface area (Å²) in [6, 6.07) is 13.8. The van der Waals surface area contributed by atoms with E-state index >= 15 is 0 Å². The summed E-state index contributed by atoms with van der Waals surface area (Å²) in [6.45, 7) is 0.607. The molecular weight excluding hydrogens is 420 g/mol. The van der Waals surface area contributed by atoms with Gasteiger partial charge in [-0.1, -0.05) is 30.3 Å². The first kappa shape index (κ1) is 20.1. The summed E-state index contributed by atoms with van der Waals surface area (Å²) in [5.74, 6) is 0.993. The maximum absolute atomic E-state index is 12.6. The van der Waals surface area contributed by atoms with Gasteiger partial charge in [-0.15, -0.1) is 0 Å². The van der Waals surface area contributed by atoms with Crippen LogP contribution in [0.2, 0.25) is 0 Å². The topological polar surface area (TPSA) is 116 Å². The third-order valence-corrected chi connectivity index (χ3v) is 6.70. The van der Waals surface area contributed by atoms with Crippen LogP contribution in [0.1, 0.15) is 5.56 Å². The second kappa shape index (κ2) is 8.39. The van der Waals surface area contributed by atoms with E-state index in [2.05, 4.69) is 20.0 Å². The van der Waals surface area contributed by atoms with Crippen LogP contribution >= 0.6 is 0 Å². The molecule has 4 heterocycles. The van der Waals surface area contributed by atoms with Crippen LogP contribution in [-0.2, 0) is 25.2 Å². The molecule has 0 amide bonds. The lowest BCUT2D eigenvalue weighted by molar-refractivity contribution is 0.0690. The summed E-state index contributed by atoms with van der Waals surface area (Å²) in [5, 5.41) is 3.25. The Morgan fingerprint density at radius 1 is 0.968 bits per heavy atom. The highest BCUT2D eigenvalue weighted by molar-refractivity contribution is 7.88. The lowest BCUT2D eigenvalue weighted by Gasteiger charge is -2.18. The second-order valence-electron chi connectivity index (χ2n) is 7.56. The van der Waals surface area contributed by atoms with Crippen LogP contribution in [0.4, 0.5) is 5.95 Å². The Bertz CT molecular complexity index is 1120. The fraction of sp³-hybridized carbons (Fsp3) is 0.333. The molecule has 5 rings (SSSR count). The van der Waals surface area contributed by atoms with E-state index in [1.807, 2.05) is 24.3 Å². The molecule has 2 aromatic heterocycles. The molecule has 2 aliphatic rings. The monoisotopic (exact) mass is 442 g/mol. The molecule has 2 saturated heterocycles. The van der Waals surface area contributed by atoms with Crippen molar-refractivity contribution in [3.8, 4) is 11.5 Å². The maximum atomic E-state index is 12.6. The number of nitrogens with zero attached hydrogens (tertiary/aromatic N) is 2. The number of fused-ring (bicyclic) bond motifs is 1. The van der Waals surface area contributed by atoms with E-state index in [-0.39, 0.29) is 30.6 Å². The summed E-state index contributed by atoms with van der Waals surface area (Å²) >= 11 is 0. The first-order chi connectivity index (χ1) is 15.1. The molecule has 10 heteroatoms. The van der Waals surface area contributed by atoms with Crippen molar-refractivity contribution in [3.05, 3.63) is 66.6 Å². The van der Waals surface area contributed by atoms with Crippen LogP contribution in [0.15, 0.2) is 65.4 Å². The van der Waals surface area contributed by atoms with Gasteiger partial charge in [0.25, 0.3) is 0 Å². The summed E-state index contributed by atoms with van der Waals surface area (Å²) in [5.41, 5.74) is 1.39. The van der Waals surface area contributed by atoms with Crippen molar-refractivity contribution in [2.45, 2.75) is 30.0 Å². The molecule has 2 fully saturated rings. The Balaban J connectivity index is 1.23. The minimum absolute atomic E-state index is 0.0865. The second-order valence-corrected chi connectivity index (χ2v) is 9.31. The van der Waals surface area contributed by atoms with Crippen LogP contribution in [0, 0.1) is 0 Å². The summed E-state index contributed by atoms with van der Waals surface area (Å²) in [6.07, 6.45) is 2.55. The first-order valence-electron chi connectivity index (χ1n) is 9.98. The molecular formula is C21H22N4O5S. The van der Waals surface area contributed by atoms with E-state index in [1.165, 1.54) is 0 Å². The minimum Gasteiger partial charge on any atom is -0.463 e. The fourth-order valence-electron chi connectivity index (χ4n) is 3.95. The van der Waals surface area contributed by atoms with Crippen LogP contribution in [0.5, 0.6) is 0 Å². The Morgan fingerprint density at radius 3 is 2.52 bits per heavy atom. The number of sulfonamides is 1. The number of benzene rings is 1. The largest absolute Gasteiger partial charge is 0.463 e. The van der Waals surface area contributed by atoms with E-state index in [0.717, 1.165) is 5.56 Å². The number of rotatable bonds is 7. The van der Waals surface area contributed by atoms with Crippen molar-refractivity contribution < 1.29 is 22.3 Å². The summed E-state index contributed by atoms with van der Waals surface area (Å²) in [4.78, 5) is 8.75. The highest BCUT2D eigenvalue weighted by atomic mass is 32.2. The molecule has 3 aromatic rings. The molecule has 0 aliphatic carbocycles. The third-order valence-electron chi connectivity index (χ3n) is 5.33. The number of hydrogen-bond acceptors (Lipinski definition) is 8. The molecule has 0 spiro atoms. The van der Waals surface area contributed by atoms with Gasteiger partial charge in [0.15, 0.2) is 5.76 Å². The van der Waals surface area contributed by atoms with Crippen molar-refractivity contribution in [1.29, 1.82) is 0 Å². The maximum Gasteiger partial charge on any atom is 0.223 e. The minimum atomic E-state index is -3.53. The van der Waals surface area contributed by atoms with Gasteiger partial charge in [-0.05, 0) is 23.8 Å². The number of hydrogen-bond donors (Lipinski definition) is 2. The van der Waals surface area contributed by atoms with E-state index in [4.69, 9.17) is 13.9 Å². The number of furan rings is 1. The molecule has 1 aromatic carbocycles. The molecule has 0 saturated carbocycles. The van der Waals surface area contributed by atoms with E-state index < -0.39 is 16.1 Å². The normalized spacial score (nSPS) is 25.4. The zero-order valence-corrected chi connectivity index (χ0v) is 17.4. The summed E-state index contributed by atoms with van der Waals surface area (Å²) < 4.78 is 45.1. The standard InChI is InChI=1S/C21H22N4O5S/c26-31(27,13-14-5-2-1-3-6-14)25-17-12-30-19-16(11-29-20(17)19)24-21-22-9-8-15(23-21)18-7-4-10-28-18/h1-10,16-17,19-20,25H,11-13H2,(H,22,23,24)/t16-,17-,19+,20+/m0/s1. The van der Waals surface area contributed by atoms with E-state index in [0.29, 0.717) is 24.0 Å². The predicted molar refractivity (Wildman–Crippen MR) is 113 cm³/mol. The van der Waals surface area contributed by atoms with Gasteiger partial charge < -0.3 is 19.2 Å². The van der Waals surface area contributed by atoms with Crippen LogP contribution in [-0.4, -0.2) is 55.9 Å². The van der Waals surface area contributed by atoms with Gasteiger partial charge in [-0.25, -0.2) is 23.1 Å². The number of ether oxygens (including phenoxy) is 2. The van der Waals surface area contributed by atoms with Crippen molar-refractivity contribution in [2.24, 2.45) is 0 Å². The number of anilines is 1. The molecule has 9 nitrogen and oxygen atoms in total. The average molecular weight is 442 g/mol. The lowest BCUT2D eigenvalue weighted by atomic mass is 10.1. The van der Waals surface area contributed by atoms with Gasteiger partial charge >= 0.3 is 0 Å². The predicted octanol–water partition coefficient (Wildman–Crippen LogP) is 1.80. The van der Waals surface area contributed by atoms with Crippen molar-refractivity contribution in [2.75, 3.05) is 18.5 Å². The summed E-state index contributed by atoms with van der Waals surface area (Å²) in [7, 11) is -3.53. The van der Waals surface area contributed by atoms with Crippen LogP contribution < -0.4 is 10.0 Å². The molecule has 2 N–H and O–H groups in total. The molecule has 0 radical (unpaired) electrons. The third kappa shape index (κ3) is 4.47. The smallest absolute Gasteiger partial charge is 0.223 e. The molecule has 162 valence electrons. The van der Waals surface area contributed by atoms with Crippen molar-refractivity contribution >= 4 is 16.0 Å². The molecule has 0 bridgehead atoms. The molecule has 31 heavy (non-hydrogen) atoms. The van der Waals surface area contributed by atoms with Crippen molar-refractivity contribution in [1.82, 2.24) is 14.7 Å². The Hall–Kier alpha value is -2.79. The lowest BCUT2D eigenvalue weighted by Crippen LogP contribution is -2.45. The van der Waals surface area contributed by atoms with Crippen LogP contribution in [0.25, 0.3) is 11.5 Å². The Morgan fingerprint density at radius 2 is 1.74 bits per heavy atom. The molecule has 2 aliphatic heterocycles. The first-order valence-corrected chi connectivity index (χ1v) is 11.6. The average Bonchev–Trinajstić information content (AvgIpc) is 3.49. The van der Waals surface area contributed by atoms with Crippen molar-refractivity contribution in [3.63, 3.8) is 0 Å². The molecule has 4 atom stereocenters. The Kier molecular flexibility index (Phi) is 5.45. The Labute approximate surface area is 179 Å². The highest BCUT2D eigenvalue weighted by Gasteiger charge is 2.49. The van der Waals surface area contributed by atoms with Gasteiger partial charge in [-0.2, -0.15) is 0 Å². The van der Waals surface area contributed by atoms with Gasteiger partial charge in [0, 0.05) is 6.20 Å². The highest BCUT2D eigenvalue weighted by Crippen LogP contribution is 2.29. The van der Waals surface area contributed by atoms with Gasteiger partial charge in [0.05, 0.1) is 37.3 Å². The quantitative estimate of drug-likeness (QED) is 0.569. The molecule has 0 unspecified atom stereocenters.